The van der Waals surface area contributed by atoms with Gasteiger partial charge < -0.3 is 15.4 Å². The van der Waals surface area contributed by atoms with Gasteiger partial charge in [-0.3, -0.25) is 9.59 Å². The van der Waals surface area contributed by atoms with Crippen LogP contribution in [0.3, 0.4) is 0 Å². The average molecular weight is 479 g/mol. The molecule has 1 aliphatic heterocycles. The minimum atomic E-state index is -4.84. The molecular formula is C23H15ClF4N2O3. The van der Waals surface area contributed by atoms with Gasteiger partial charge in [0.25, 0.3) is 11.8 Å². The second kappa shape index (κ2) is 8.74. The number of rotatable bonds is 4. The van der Waals surface area contributed by atoms with E-state index in [0.717, 1.165) is 12.1 Å². The third-order valence-electron chi connectivity index (χ3n) is 4.95. The Kier molecular flexibility index (Phi) is 5.99. The molecule has 1 unspecified atom stereocenters. The Hall–Kier alpha value is -3.59. The number of benzene rings is 3. The molecule has 33 heavy (non-hydrogen) atoms. The van der Waals surface area contributed by atoms with E-state index in [1.807, 2.05) is 0 Å². The van der Waals surface area contributed by atoms with Gasteiger partial charge in [-0.1, -0.05) is 23.7 Å². The lowest BCUT2D eigenvalue weighted by molar-refractivity contribution is -0.137. The summed E-state index contributed by atoms with van der Waals surface area (Å²) in [7, 11) is 0. The van der Waals surface area contributed by atoms with Gasteiger partial charge in [0.2, 0.25) is 0 Å². The van der Waals surface area contributed by atoms with Crippen LogP contribution >= 0.6 is 11.6 Å². The molecule has 3 aromatic carbocycles. The molecule has 10 heteroatoms. The highest BCUT2D eigenvalue weighted by Gasteiger charge is 2.36. The van der Waals surface area contributed by atoms with Crippen LogP contribution in [0.25, 0.3) is 0 Å². The van der Waals surface area contributed by atoms with Crippen LogP contribution in [0.2, 0.25) is 5.02 Å². The number of carbonyl (C=O) groups excluding carboxylic acids is 2. The lowest BCUT2D eigenvalue weighted by Gasteiger charge is -2.17. The van der Waals surface area contributed by atoms with Crippen molar-refractivity contribution in [1.82, 2.24) is 0 Å². The zero-order valence-electron chi connectivity index (χ0n) is 16.7. The van der Waals surface area contributed by atoms with Gasteiger partial charge in [0, 0.05) is 17.1 Å². The molecule has 170 valence electrons. The monoisotopic (exact) mass is 478 g/mol. The van der Waals surface area contributed by atoms with Crippen LogP contribution in [0.15, 0.2) is 60.7 Å². The van der Waals surface area contributed by atoms with E-state index < -0.39 is 41.2 Å². The molecular weight excluding hydrogens is 464 g/mol. The zero-order chi connectivity index (χ0) is 23.8. The maximum absolute atomic E-state index is 13.8. The predicted octanol–water partition coefficient (Wildman–Crippen LogP) is 5.69. The van der Waals surface area contributed by atoms with Crippen LogP contribution in [0, 0.1) is 5.82 Å². The first-order valence-electron chi connectivity index (χ1n) is 9.65. The normalized spacial score (nSPS) is 14.9. The standard InChI is InChI=1S/C23H15ClF4N2O3/c24-13-5-8-19-12(9-13)10-20(33-19)22(32)30-18-7-6-14(11-16(18)23(26,27)28)29-21(31)15-3-1-2-4-17(15)25/h1-9,11,20H,10H2,(H,29,31)(H,30,32). The number of carbonyl (C=O) groups is 2. The van der Waals surface area contributed by atoms with Crippen molar-refractivity contribution in [3.05, 3.63) is 88.2 Å². The van der Waals surface area contributed by atoms with Gasteiger partial charge in [-0.2, -0.15) is 13.2 Å². The Labute approximate surface area is 190 Å². The molecule has 0 spiro atoms. The molecule has 0 radical (unpaired) electrons. The predicted molar refractivity (Wildman–Crippen MR) is 114 cm³/mol. The summed E-state index contributed by atoms with van der Waals surface area (Å²) < 4.78 is 60.3. The van der Waals surface area contributed by atoms with Gasteiger partial charge in [0.05, 0.1) is 16.8 Å². The molecule has 1 atom stereocenters. The van der Waals surface area contributed by atoms with Crippen molar-refractivity contribution < 1.29 is 31.9 Å². The number of amides is 2. The Balaban J connectivity index is 1.53. The van der Waals surface area contributed by atoms with Crippen LogP contribution < -0.4 is 15.4 Å². The van der Waals surface area contributed by atoms with Crippen molar-refractivity contribution in [3.8, 4) is 5.75 Å². The van der Waals surface area contributed by atoms with Crippen LogP contribution in [0.5, 0.6) is 5.75 Å². The molecule has 1 heterocycles. The van der Waals surface area contributed by atoms with E-state index >= 15 is 0 Å². The summed E-state index contributed by atoms with van der Waals surface area (Å²) in [5.41, 5.74) is -1.55. The molecule has 2 amide bonds. The summed E-state index contributed by atoms with van der Waals surface area (Å²) in [6, 6.07) is 12.7. The lowest BCUT2D eigenvalue weighted by Crippen LogP contribution is -2.32. The Morgan fingerprint density at radius 1 is 1.00 bits per heavy atom. The molecule has 0 saturated heterocycles. The highest BCUT2D eigenvalue weighted by Crippen LogP contribution is 2.37. The van der Waals surface area contributed by atoms with Gasteiger partial charge in [0.15, 0.2) is 6.10 Å². The first kappa shape index (κ1) is 22.6. The minimum Gasteiger partial charge on any atom is -0.480 e. The number of halogens is 5. The van der Waals surface area contributed by atoms with E-state index in [1.54, 1.807) is 18.2 Å². The van der Waals surface area contributed by atoms with E-state index in [0.29, 0.717) is 22.4 Å². The number of alkyl halides is 3. The first-order chi connectivity index (χ1) is 15.6. The lowest BCUT2D eigenvalue weighted by atomic mass is 10.1. The molecule has 0 aliphatic carbocycles. The molecule has 0 bridgehead atoms. The van der Waals surface area contributed by atoms with E-state index in [2.05, 4.69) is 10.6 Å². The van der Waals surface area contributed by atoms with Gasteiger partial charge in [-0.25, -0.2) is 4.39 Å². The van der Waals surface area contributed by atoms with Crippen molar-refractivity contribution in [3.63, 3.8) is 0 Å². The second-order valence-corrected chi connectivity index (χ2v) is 7.68. The van der Waals surface area contributed by atoms with Crippen LogP contribution in [-0.4, -0.2) is 17.9 Å². The smallest absolute Gasteiger partial charge is 0.418 e. The van der Waals surface area contributed by atoms with Crippen molar-refractivity contribution in [2.75, 3.05) is 10.6 Å². The minimum absolute atomic E-state index is 0.153. The molecule has 4 rings (SSSR count). The number of nitrogens with one attached hydrogen (secondary N) is 2. The summed E-state index contributed by atoms with van der Waals surface area (Å²) in [5, 5.41) is 4.93. The maximum atomic E-state index is 13.8. The zero-order valence-corrected chi connectivity index (χ0v) is 17.4. The highest BCUT2D eigenvalue weighted by molar-refractivity contribution is 6.30. The van der Waals surface area contributed by atoms with Crippen LogP contribution in [0.4, 0.5) is 28.9 Å². The Morgan fingerprint density at radius 3 is 2.48 bits per heavy atom. The molecule has 0 aromatic heterocycles. The molecule has 3 aromatic rings. The number of hydrogen-bond donors (Lipinski definition) is 2. The Morgan fingerprint density at radius 2 is 1.76 bits per heavy atom. The van der Waals surface area contributed by atoms with Crippen LogP contribution in [0.1, 0.15) is 21.5 Å². The van der Waals surface area contributed by atoms with Gasteiger partial charge in [-0.15, -0.1) is 0 Å². The van der Waals surface area contributed by atoms with Gasteiger partial charge in [0.1, 0.15) is 11.6 Å². The van der Waals surface area contributed by atoms with Gasteiger partial charge >= 0.3 is 6.18 Å². The molecule has 0 fully saturated rings. The van der Waals surface area contributed by atoms with Crippen molar-refractivity contribution >= 4 is 34.8 Å². The molecule has 5 nitrogen and oxygen atoms in total. The van der Waals surface area contributed by atoms with Crippen molar-refractivity contribution in [2.24, 2.45) is 0 Å². The fourth-order valence-electron chi connectivity index (χ4n) is 3.39. The number of anilines is 2. The van der Waals surface area contributed by atoms with E-state index in [9.17, 15) is 27.2 Å². The fourth-order valence-corrected chi connectivity index (χ4v) is 3.58. The summed E-state index contributed by atoms with van der Waals surface area (Å²) in [4.78, 5) is 24.8. The van der Waals surface area contributed by atoms with E-state index in [1.165, 1.54) is 24.3 Å². The second-order valence-electron chi connectivity index (χ2n) is 7.24. The number of ether oxygens (including phenoxy) is 1. The summed E-state index contributed by atoms with van der Waals surface area (Å²) in [6.45, 7) is 0. The quantitative estimate of drug-likeness (QED) is 0.473. The topological polar surface area (TPSA) is 67.4 Å². The van der Waals surface area contributed by atoms with Crippen molar-refractivity contribution in [2.45, 2.75) is 18.7 Å². The number of hydrogen-bond acceptors (Lipinski definition) is 3. The fraction of sp³-hybridized carbons (Fsp3) is 0.130. The third-order valence-corrected chi connectivity index (χ3v) is 5.18. The van der Waals surface area contributed by atoms with E-state index in [4.69, 9.17) is 16.3 Å². The summed E-state index contributed by atoms with van der Waals surface area (Å²) >= 11 is 5.92. The number of fused-ring (bicyclic) bond motifs is 1. The first-order valence-corrected chi connectivity index (χ1v) is 10.0. The van der Waals surface area contributed by atoms with Gasteiger partial charge in [-0.05, 0) is 54.1 Å². The maximum Gasteiger partial charge on any atom is 0.418 e. The van der Waals surface area contributed by atoms with Crippen molar-refractivity contribution in [1.29, 1.82) is 0 Å². The molecule has 0 saturated carbocycles. The molecule has 1 aliphatic rings. The Bertz CT molecular complexity index is 1250. The largest absolute Gasteiger partial charge is 0.480 e. The average Bonchev–Trinajstić information content (AvgIpc) is 3.17. The van der Waals surface area contributed by atoms with E-state index in [-0.39, 0.29) is 17.7 Å². The summed E-state index contributed by atoms with van der Waals surface area (Å²) in [6.07, 6.45) is -5.71. The van der Waals surface area contributed by atoms with Crippen LogP contribution in [-0.2, 0) is 17.4 Å². The highest BCUT2D eigenvalue weighted by atomic mass is 35.5. The third kappa shape index (κ3) is 4.93. The SMILES string of the molecule is O=C(Nc1ccc(NC(=O)C2Cc3cc(Cl)ccc3O2)c(C(F)(F)F)c1)c1ccccc1F. The molecule has 2 N–H and O–H groups in total. The summed E-state index contributed by atoms with van der Waals surface area (Å²) in [5.74, 6) is -2.06.